The second-order valence-corrected chi connectivity index (χ2v) is 8.21. The fraction of sp³-hybridized carbons (Fsp3) is 0.250. The topological polar surface area (TPSA) is 88.3 Å². The van der Waals surface area contributed by atoms with Crippen LogP contribution in [0.15, 0.2) is 59.5 Å². The van der Waals surface area contributed by atoms with E-state index >= 15 is 0 Å². The van der Waals surface area contributed by atoms with Crippen LogP contribution < -0.4 is 15.4 Å². The lowest BCUT2D eigenvalue weighted by molar-refractivity contribution is 0.598. The summed E-state index contributed by atoms with van der Waals surface area (Å²) in [5.74, 6) is 0. The van der Waals surface area contributed by atoms with Crippen molar-refractivity contribution in [3.05, 3.63) is 60.3 Å². The van der Waals surface area contributed by atoms with Crippen LogP contribution in [0, 0.1) is 6.92 Å². The van der Waals surface area contributed by atoms with E-state index in [1.165, 1.54) is 6.07 Å². The lowest BCUT2D eigenvalue weighted by atomic mass is 10.1. The van der Waals surface area contributed by atoms with E-state index in [0.29, 0.717) is 12.1 Å². The molecule has 0 aliphatic carbocycles. The Bertz CT molecular complexity index is 1050. The summed E-state index contributed by atoms with van der Waals surface area (Å²) in [6, 6.07) is 17.3. The molecule has 6 nitrogen and oxygen atoms in total. The third-order valence-electron chi connectivity index (χ3n) is 4.65. The molecule has 1 aromatic heterocycles. The molecule has 0 radical (unpaired) electrons. The quantitative estimate of drug-likeness (QED) is 0.682. The predicted molar refractivity (Wildman–Crippen MR) is 111 cm³/mol. The Kier molecular flexibility index (Phi) is 5.34. The van der Waals surface area contributed by atoms with E-state index in [4.69, 9.17) is 5.14 Å². The summed E-state index contributed by atoms with van der Waals surface area (Å²) < 4.78 is 23.8. The number of sulfonamides is 1. The second kappa shape index (κ2) is 7.54. The van der Waals surface area contributed by atoms with E-state index in [2.05, 4.69) is 41.3 Å². The fourth-order valence-electron chi connectivity index (χ4n) is 3.04. The highest BCUT2D eigenvalue weighted by Crippen LogP contribution is 2.28. The van der Waals surface area contributed by atoms with Crippen LogP contribution in [0.3, 0.4) is 0 Å². The number of aromatic nitrogens is 1. The highest BCUT2D eigenvalue weighted by atomic mass is 32.2. The smallest absolute Gasteiger partial charge is 0.240 e. The first kappa shape index (κ1) is 19.1. The number of hydrogen-bond donors (Lipinski definition) is 2. The molecule has 27 heavy (non-hydrogen) atoms. The van der Waals surface area contributed by atoms with Gasteiger partial charge in [0.2, 0.25) is 10.0 Å². The maximum atomic E-state index is 11.9. The zero-order chi connectivity index (χ0) is 19.6. The first-order valence-electron chi connectivity index (χ1n) is 8.72. The number of rotatable bonds is 6. The number of nitrogens with one attached hydrogen (secondary N) is 1. The molecule has 3 aromatic rings. The molecule has 7 heteroatoms. The number of hydrogen-bond acceptors (Lipinski definition) is 5. The standard InChI is InChI=1S/C20H24N4O2S/c1-14-12-18(17-10-7-11-19(20(17)23-14)27(21,25)26)22-13-15(2)24(3)16-8-5-4-6-9-16/h4-12,15H,13H2,1-3H3,(H,22,23)(H2,21,25,26). The van der Waals surface area contributed by atoms with E-state index in [1.54, 1.807) is 6.07 Å². The van der Waals surface area contributed by atoms with E-state index in [1.807, 2.05) is 37.3 Å². The van der Waals surface area contributed by atoms with E-state index in [0.717, 1.165) is 22.5 Å². The van der Waals surface area contributed by atoms with Crippen LogP contribution in [-0.4, -0.2) is 33.0 Å². The number of nitrogens with zero attached hydrogens (tertiary/aromatic N) is 2. The van der Waals surface area contributed by atoms with Gasteiger partial charge in [0.15, 0.2) is 0 Å². The van der Waals surface area contributed by atoms with Crippen molar-refractivity contribution in [3.63, 3.8) is 0 Å². The van der Waals surface area contributed by atoms with E-state index in [9.17, 15) is 8.42 Å². The number of fused-ring (bicyclic) bond motifs is 1. The number of anilines is 2. The lowest BCUT2D eigenvalue weighted by Gasteiger charge is -2.28. The molecule has 0 spiro atoms. The molecule has 1 atom stereocenters. The second-order valence-electron chi connectivity index (χ2n) is 6.68. The molecule has 0 bridgehead atoms. The lowest BCUT2D eigenvalue weighted by Crippen LogP contribution is -2.34. The Morgan fingerprint density at radius 3 is 2.52 bits per heavy atom. The molecule has 0 aliphatic rings. The number of nitrogens with two attached hydrogens (primary N) is 1. The van der Waals surface area contributed by atoms with Gasteiger partial charge in [-0.3, -0.25) is 4.98 Å². The van der Waals surface area contributed by atoms with Gasteiger partial charge in [0.25, 0.3) is 0 Å². The average molecular weight is 385 g/mol. The highest BCUT2D eigenvalue weighted by Gasteiger charge is 2.16. The Morgan fingerprint density at radius 2 is 1.85 bits per heavy atom. The summed E-state index contributed by atoms with van der Waals surface area (Å²) in [4.78, 5) is 6.64. The summed E-state index contributed by atoms with van der Waals surface area (Å²) in [5.41, 5.74) is 3.10. The number of aryl methyl sites for hydroxylation is 1. The minimum absolute atomic E-state index is 0.0428. The van der Waals surface area contributed by atoms with Crippen LogP contribution in [-0.2, 0) is 10.0 Å². The largest absolute Gasteiger partial charge is 0.382 e. The van der Waals surface area contributed by atoms with Crippen LogP contribution >= 0.6 is 0 Å². The molecule has 3 rings (SSSR count). The number of benzene rings is 2. The van der Waals surface area contributed by atoms with E-state index in [-0.39, 0.29) is 10.9 Å². The first-order chi connectivity index (χ1) is 12.8. The molecular weight excluding hydrogens is 360 g/mol. The molecule has 0 saturated carbocycles. The van der Waals surface area contributed by atoms with Crippen LogP contribution in [0.25, 0.3) is 10.9 Å². The van der Waals surface area contributed by atoms with Gasteiger partial charge in [-0.15, -0.1) is 0 Å². The third kappa shape index (κ3) is 4.20. The Labute approximate surface area is 160 Å². The molecule has 0 aliphatic heterocycles. The minimum atomic E-state index is -3.84. The maximum absolute atomic E-state index is 11.9. The van der Waals surface area contributed by atoms with Crippen molar-refractivity contribution >= 4 is 32.3 Å². The van der Waals surface area contributed by atoms with Gasteiger partial charge < -0.3 is 10.2 Å². The summed E-state index contributed by atoms with van der Waals surface area (Å²) in [6.07, 6.45) is 0. The van der Waals surface area contributed by atoms with E-state index < -0.39 is 10.0 Å². The van der Waals surface area contributed by atoms with Crippen molar-refractivity contribution in [1.82, 2.24) is 4.98 Å². The van der Waals surface area contributed by atoms with Crippen molar-refractivity contribution in [3.8, 4) is 0 Å². The Hall–Kier alpha value is -2.64. The highest BCUT2D eigenvalue weighted by molar-refractivity contribution is 7.89. The molecule has 0 fully saturated rings. The van der Waals surface area contributed by atoms with Gasteiger partial charge in [-0.1, -0.05) is 30.3 Å². The normalized spacial score (nSPS) is 12.7. The van der Waals surface area contributed by atoms with Gasteiger partial charge in [-0.05, 0) is 38.1 Å². The van der Waals surface area contributed by atoms with Crippen LogP contribution in [0.5, 0.6) is 0 Å². The van der Waals surface area contributed by atoms with Crippen LogP contribution in [0.1, 0.15) is 12.6 Å². The van der Waals surface area contributed by atoms with Crippen molar-refractivity contribution in [2.75, 3.05) is 23.8 Å². The summed E-state index contributed by atoms with van der Waals surface area (Å²) in [5, 5.41) is 9.53. The summed E-state index contributed by atoms with van der Waals surface area (Å²) in [7, 11) is -1.79. The van der Waals surface area contributed by atoms with Gasteiger partial charge in [0.05, 0.1) is 5.52 Å². The predicted octanol–water partition coefficient (Wildman–Crippen LogP) is 3.13. The van der Waals surface area contributed by atoms with Crippen molar-refractivity contribution in [2.24, 2.45) is 5.14 Å². The van der Waals surface area contributed by atoms with Crippen molar-refractivity contribution in [1.29, 1.82) is 0 Å². The zero-order valence-electron chi connectivity index (χ0n) is 15.7. The van der Waals surface area contributed by atoms with Gasteiger partial charge in [-0.25, -0.2) is 13.6 Å². The van der Waals surface area contributed by atoms with Crippen LogP contribution in [0.4, 0.5) is 11.4 Å². The molecule has 1 heterocycles. The Morgan fingerprint density at radius 1 is 1.15 bits per heavy atom. The molecule has 0 amide bonds. The van der Waals surface area contributed by atoms with Gasteiger partial charge in [0, 0.05) is 42.1 Å². The third-order valence-corrected chi connectivity index (χ3v) is 5.59. The van der Waals surface area contributed by atoms with Gasteiger partial charge >= 0.3 is 0 Å². The van der Waals surface area contributed by atoms with Crippen LogP contribution in [0.2, 0.25) is 0 Å². The number of likely N-dealkylation sites (N-methyl/N-ethyl adjacent to an activating group) is 1. The fourth-order valence-corrected chi connectivity index (χ4v) is 3.73. The van der Waals surface area contributed by atoms with Crippen molar-refractivity contribution in [2.45, 2.75) is 24.8 Å². The van der Waals surface area contributed by atoms with Gasteiger partial charge in [-0.2, -0.15) is 0 Å². The maximum Gasteiger partial charge on any atom is 0.240 e. The zero-order valence-corrected chi connectivity index (χ0v) is 16.5. The monoisotopic (exact) mass is 384 g/mol. The van der Waals surface area contributed by atoms with Crippen molar-refractivity contribution < 1.29 is 8.42 Å². The summed E-state index contributed by atoms with van der Waals surface area (Å²) >= 11 is 0. The SMILES string of the molecule is Cc1cc(NCC(C)N(C)c2ccccc2)c2cccc(S(N)(=O)=O)c2n1. The molecule has 3 N–H and O–H groups in total. The number of para-hydroxylation sites is 2. The molecule has 142 valence electrons. The number of pyridine rings is 1. The molecule has 0 saturated heterocycles. The molecule has 1 unspecified atom stereocenters. The Balaban J connectivity index is 1.89. The average Bonchev–Trinajstić information content (AvgIpc) is 2.64. The molecular formula is C20H24N4O2S. The minimum Gasteiger partial charge on any atom is -0.382 e. The van der Waals surface area contributed by atoms with Gasteiger partial charge in [0.1, 0.15) is 4.90 Å². The molecule has 2 aromatic carbocycles. The first-order valence-corrected chi connectivity index (χ1v) is 10.3. The summed E-state index contributed by atoms with van der Waals surface area (Å²) in [6.45, 7) is 4.65. The number of primary sulfonamides is 1.